The van der Waals surface area contributed by atoms with Crippen LogP contribution < -0.4 is 0 Å². The van der Waals surface area contributed by atoms with E-state index in [4.69, 9.17) is 0 Å². The lowest BCUT2D eigenvalue weighted by Gasteiger charge is -2.28. The second-order valence-electron chi connectivity index (χ2n) is 3.74. The maximum atomic E-state index is 4.47. The third-order valence-electron chi connectivity index (χ3n) is 2.84. The number of rotatable bonds is 6. The molecule has 1 aromatic rings. The van der Waals surface area contributed by atoms with Crippen molar-refractivity contribution < 1.29 is 0 Å². The van der Waals surface area contributed by atoms with Gasteiger partial charge < -0.3 is 0 Å². The van der Waals surface area contributed by atoms with Crippen LogP contribution in [0, 0.1) is 12.3 Å². The zero-order chi connectivity index (χ0) is 11.3. The minimum absolute atomic E-state index is 0.355. The van der Waals surface area contributed by atoms with Crippen molar-refractivity contribution in [3.05, 3.63) is 5.01 Å². The SMILES string of the molecule is CCC(CC)(CS)CSc1nnc(C)s1. The Morgan fingerprint density at radius 1 is 1.33 bits per heavy atom. The van der Waals surface area contributed by atoms with E-state index in [1.54, 1.807) is 11.3 Å². The highest BCUT2D eigenvalue weighted by atomic mass is 32.2. The fraction of sp³-hybridized carbons (Fsp3) is 0.800. The molecule has 1 aromatic heterocycles. The van der Waals surface area contributed by atoms with Crippen molar-refractivity contribution in [3.8, 4) is 0 Å². The summed E-state index contributed by atoms with van der Waals surface area (Å²) in [6.07, 6.45) is 2.36. The van der Waals surface area contributed by atoms with E-state index in [1.807, 2.05) is 18.7 Å². The number of aryl methyl sites for hydroxylation is 1. The molecule has 0 unspecified atom stereocenters. The number of thioether (sulfide) groups is 1. The Kier molecular flexibility index (Phi) is 5.43. The van der Waals surface area contributed by atoms with Crippen LogP contribution in [0.25, 0.3) is 0 Å². The van der Waals surface area contributed by atoms with Crippen molar-refractivity contribution in [1.29, 1.82) is 0 Å². The standard InChI is InChI=1S/C10H18N2S3/c1-4-10(5-2,6-13)7-14-9-12-11-8(3)15-9/h13H,4-7H2,1-3H3. The first-order chi connectivity index (χ1) is 7.15. The van der Waals surface area contributed by atoms with Crippen molar-refractivity contribution in [2.24, 2.45) is 5.41 Å². The zero-order valence-electron chi connectivity index (χ0n) is 9.49. The number of hydrogen-bond donors (Lipinski definition) is 1. The summed E-state index contributed by atoms with van der Waals surface area (Å²) in [6, 6.07) is 0. The molecule has 0 aromatic carbocycles. The predicted octanol–water partition coefficient (Wildman–Crippen LogP) is 3.67. The number of hydrogen-bond acceptors (Lipinski definition) is 5. The second kappa shape index (κ2) is 6.11. The minimum Gasteiger partial charge on any atom is -0.179 e. The van der Waals surface area contributed by atoms with E-state index in [-0.39, 0.29) is 0 Å². The molecule has 1 rings (SSSR count). The largest absolute Gasteiger partial charge is 0.179 e. The van der Waals surface area contributed by atoms with Gasteiger partial charge in [-0.3, -0.25) is 0 Å². The van der Waals surface area contributed by atoms with Gasteiger partial charge in [0.05, 0.1) is 0 Å². The third-order valence-corrected chi connectivity index (χ3v) is 5.84. The molecule has 0 aliphatic rings. The van der Waals surface area contributed by atoms with Gasteiger partial charge in [0.25, 0.3) is 0 Å². The molecule has 0 atom stereocenters. The molecule has 0 bridgehead atoms. The Bertz CT molecular complexity index is 286. The van der Waals surface area contributed by atoms with Crippen LogP contribution in [0.3, 0.4) is 0 Å². The van der Waals surface area contributed by atoms with Gasteiger partial charge in [-0.05, 0) is 30.9 Å². The summed E-state index contributed by atoms with van der Waals surface area (Å²) in [5.41, 5.74) is 0.355. The first kappa shape index (κ1) is 13.3. The van der Waals surface area contributed by atoms with Crippen molar-refractivity contribution in [3.63, 3.8) is 0 Å². The Morgan fingerprint density at radius 3 is 2.40 bits per heavy atom. The van der Waals surface area contributed by atoms with E-state index in [0.29, 0.717) is 5.41 Å². The molecule has 0 saturated heterocycles. The quantitative estimate of drug-likeness (QED) is 0.625. The van der Waals surface area contributed by atoms with E-state index >= 15 is 0 Å². The lowest BCUT2D eigenvalue weighted by molar-refractivity contribution is 0.357. The maximum absolute atomic E-state index is 4.47. The van der Waals surface area contributed by atoms with Gasteiger partial charge in [0, 0.05) is 5.75 Å². The Labute approximate surface area is 106 Å². The summed E-state index contributed by atoms with van der Waals surface area (Å²) in [4.78, 5) is 0. The van der Waals surface area contributed by atoms with Crippen molar-refractivity contribution in [2.45, 2.75) is 38.0 Å². The zero-order valence-corrected chi connectivity index (χ0v) is 12.0. The highest BCUT2D eigenvalue weighted by molar-refractivity contribution is 8.01. The first-order valence-electron chi connectivity index (χ1n) is 5.19. The molecule has 0 aliphatic carbocycles. The lowest BCUT2D eigenvalue weighted by Crippen LogP contribution is -2.24. The molecule has 86 valence electrons. The number of thiol groups is 1. The van der Waals surface area contributed by atoms with E-state index in [9.17, 15) is 0 Å². The molecule has 1 heterocycles. The predicted molar refractivity (Wildman–Crippen MR) is 72.2 cm³/mol. The van der Waals surface area contributed by atoms with E-state index in [0.717, 1.165) is 20.9 Å². The van der Waals surface area contributed by atoms with Crippen LogP contribution in [-0.2, 0) is 0 Å². The van der Waals surface area contributed by atoms with Crippen LogP contribution in [0.5, 0.6) is 0 Å². The van der Waals surface area contributed by atoms with Gasteiger partial charge in [0.15, 0.2) is 4.34 Å². The fourth-order valence-electron chi connectivity index (χ4n) is 1.27. The molecule has 0 spiro atoms. The van der Waals surface area contributed by atoms with Gasteiger partial charge in [-0.1, -0.05) is 36.9 Å². The normalized spacial score (nSPS) is 12.0. The molecule has 2 nitrogen and oxygen atoms in total. The van der Waals surface area contributed by atoms with Crippen LogP contribution >= 0.6 is 35.7 Å². The molecule has 5 heteroatoms. The van der Waals surface area contributed by atoms with E-state index in [2.05, 4.69) is 36.7 Å². The summed E-state index contributed by atoms with van der Waals surface area (Å²) in [5, 5.41) is 9.20. The summed E-state index contributed by atoms with van der Waals surface area (Å²) in [5.74, 6) is 2.04. The lowest BCUT2D eigenvalue weighted by atomic mass is 9.87. The van der Waals surface area contributed by atoms with Crippen molar-refractivity contribution in [1.82, 2.24) is 10.2 Å². The van der Waals surface area contributed by atoms with Gasteiger partial charge in [0.1, 0.15) is 5.01 Å². The third kappa shape index (κ3) is 3.64. The molecule has 0 amide bonds. The monoisotopic (exact) mass is 262 g/mol. The second-order valence-corrected chi connectivity index (χ2v) is 6.46. The van der Waals surface area contributed by atoms with Gasteiger partial charge in [-0.2, -0.15) is 12.6 Å². The highest BCUT2D eigenvalue weighted by Crippen LogP contribution is 2.35. The average Bonchev–Trinajstić information content (AvgIpc) is 2.67. The van der Waals surface area contributed by atoms with Gasteiger partial charge in [-0.15, -0.1) is 10.2 Å². The summed E-state index contributed by atoms with van der Waals surface area (Å²) in [6.45, 7) is 6.48. The molecule has 15 heavy (non-hydrogen) atoms. The minimum atomic E-state index is 0.355. The topological polar surface area (TPSA) is 25.8 Å². The smallest absolute Gasteiger partial charge is 0.174 e. The number of aromatic nitrogens is 2. The van der Waals surface area contributed by atoms with Crippen LogP contribution in [0.2, 0.25) is 0 Å². The molecular formula is C10H18N2S3. The molecule has 0 aliphatic heterocycles. The van der Waals surface area contributed by atoms with Crippen LogP contribution in [0.1, 0.15) is 31.7 Å². The van der Waals surface area contributed by atoms with Crippen molar-refractivity contribution >= 4 is 35.7 Å². The molecule has 0 N–H and O–H groups in total. The van der Waals surface area contributed by atoms with Gasteiger partial charge >= 0.3 is 0 Å². The van der Waals surface area contributed by atoms with Gasteiger partial charge in [0.2, 0.25) is 0 Å². The Balaban J connectivity index is 2.54. The molecule has 0 radical (unpaired) electrons. The molecule has 0 saturated carbocycles. The molecular weight excluding hydrogens is 244 g/mol. The highest BCUT2D eigenvalue weighted by Gasteiger charge is 2.25. The van der Waals surface area contributed by atoms with Gasteiger partial charge in [-0.25, -0.2) is 0 Å². The van der Waals surface area contributed by atoms with Crippen LogP contribution in [0.4, 0.5) is 0 Å². The summed E-state index contributed by atoms with van der Waals surface area (Å²) >= 11 is 7.96. The first-order valence-corrected chi connectivity index (χ1v) is 7.63. The summed E-state index contributed by atoms with van der Waals surface area (Å²) in [7, 11) is 0. The van der Waals surface area contributed by atoms with E-state index < -0.39 is 0 Å². The number of nitrogens with zero attached hydrogens (tertiary/aromatic N) is 2. The van der Waals surface area contributed by atoms with E-state index in [1.165, 1.54) is 12.8 Å². The fourth-order valence-corrected chi connectivity index (χ4v) is 4.21. The average molecular weight is 262 g/mol. The summed E-state index contributed by atoms with van der Waals surface area (Å²) < 4.78 is 1.08. The van der Waals surface area contributed by atoms with Crippen LogP contribution in [-0.4, -0.2) is 21.7 Å². The Morgan fingerprint density at radius 2 is 2.00 bits per heavy atom. The Hall–Kier alpha value is 0.260. The molecule has 0 fully saturated rings. The van der Waals surface area contributed by atoms with Crippen molar-refractivity contribution in [2.75, 3.05) is 11.5 Å². The van der Waals surface area contributed by atoms with Crippen LogP contribution in [0.15, 0.2) is 4.34 Å². The maximum Gasteiger partial charge on any atom is 0.174 e.